The summed E-state index contributed by atoms with van der Waals surface area (Å²) < 4.78 is 0. The van der Waals surface area contributed by atoms with Gasteiger partial charge in [-0.15, -0.1) is 11.3 Å². The molecule has 2 aliphatic rings. The zero-order valence-corrected chi connectivity index (χ0v) is 15.6. The van der Waals surface area contributed by atoms with Crippen molar-refractivity contribution in [2.24, 2.45) is 0 Å². The molecule has 0 spiro atoms. The van der Waals surface area contributed by atoms with Gasteiger partial charge in [-0.1, -0.05) is 18.2 Å². The number of hydrogen-bond acceptors (Lipinski definition) is 4. The molecule has 2 fully saturated rings. The lowest BCUT2D eigenvalue weighted by Gasteiger charge is -2.35. The maximum atomic E-state index is 13.1. The van der Waals surface area contributed by atoms with Crippen molar-refractivity contribution in [1.82, 2.24) is 9.80 Å². The van der Waals surface area contributed by atoms with Crippen molar-refractivity contribution in [2.75, 3.05) is 37.6 Å². The molecule has 0 atom stereocenters. The molecule has 26 heavy (non-hydrogen) atoms. The first-order valence-corrected chi connectivity index (χ1v) is 10.0. The predicted molar refractivity (Wildman–Crippen MR) is 104 cm³/mol. The summed E-state index contributed by atoms with van der Waals surface area (Å²) in [5, 5.41) is 2.10. The van der Waals surface area contributed by atoms with Gasteiger partial charge >= 0.3 is 0 Å². The molecule has 0 unspecified atom stereocenters. The Hall–Kier alpha value is -2.18. The van der Waals surface area contributed by atoms with Crippen LogP contribution in [0.4, 0.5) is 5.69 Å². The Bertz CT molecular complexity index is 782. The molecule has 4 rings (SSSR count). The minimum atomic E-state index is 0.0380. The van der Waals surface area contributed by atoms with Crippen LogP contribution in [0.1, 0.15) is 28.1 Å². The molecule has 2 amide bonds. The second kappa shape index (κ2) is 7.60. The fourth-order valence-electron chi connectivity index (χ4n) is 3.70. The predicted octanol–water partition coefficient (Wildman–Crippen LogP) is 2.83. The van der Waals surface area contributed by atoms with Crippen molar-refractivity contribution in [3.05, 3.63) is 52.2 Å². The standard InChI is InChI=1S/C20H23N3O2S/c24-19-8-3-9-23(19)18-7-2-1-6-17(18)20(25)22-12-10-21(11-13-22)15-16-5-4-14-26-16/h1-2,4-7,14H,3,8-13,15H2. The number of carbonyl (C=O) groups is 2. The van der Waals surface area contributed by atoms with Crippen LogP contribution in [0.5, 0.6) is 0 Å². The van der Waals surface area contributed by atoms with Gasteiger partial charge in [0.1, 0.15) is 0 Å². The summed E-state index contributed by atoms with van der Waals surface area (Å²) in [4.78, 5) is 32.6. The third-order valence-corrected chi connectivity index (χ3v) is 5.98. The SMILES string of the molecule is O=C(c1ccccc1N1CCCC1=O)N1CCN(Cc2cccs2)CC1. The number of piperazine rings is 1. The van der Waals surface area contributed by atoms with Gasteiger partial charge in [0, 0.05) is 50.6 Å². The van der Waals surface area contributed by atoms with Gasteiger partial charge in [-0.05, 0) is 30.0 Å². The second-order valence-corrected chi connectivity index (χ2v) is 7.85. The molecule has 6 heteroatoms. The van der Waals surface area contributed by atoms with E-state index in [1.54, 1.807) is 16.2 Å². The van der Waals surface area contributed by atoms with E-state index in [1.165, 1.54) is 4.88 Å². The Balaban J connectivity index is 1.43. The fraction of sp³-hybridized carbons (Fsp3) is 0.400. The Labute approximate surface area is 157 Å². The highest BCUT2D eigenvalue weighted by Crippen LogP contribution is 2.27. The molecule has 0 radical (unpaired) electrons. The first-order chi connectivity index (χ1) is 12.7. The zero-order chi connectivity index (χ0) is 17.9. The van der Waals surface area contributed by atoms with E-state index < -0.39 is 0 Å². The Morgan fingerprint density at radius 2 is 1.81 bits per heavy atom. The minimum absolute atomic E-state index is 0.0380. The maximum absolute atomic E-state index is 13.1. The van der Waals surface area contributed by atoms with Crippen LogP contribution in [0, 0.1) is 0 Å². The van der Waals surface area contributed by atoms with Gasteiger partial charge in [-0.25, -0.2) is 0 Å². The highest BCUT2D eigenvalue weighted by atomic mass is 32.1. The molecule has 0 N–H and O–H groups in total. The van der Waals surface area contributed by atoms with Crippen LogP contribution in [-0.2, 0) is 11.3 Å². The first kappa shape index (κ1) is 17.2. The molecule has 5 nitrogen and oxygen atoms in total. The molecule has 136 valence electrons. The zero-order valence-electron chi connectivity index (χ0n) is 14.8. The number of amides is 2. The van der Waals surface area contributed by atoms with Crippen LogP contribution >= 0.6 is 11.3 Å². The van der Waals surface area contributed by atoms with Gasteiger partial charge in [0.05, 0.1) is 11.3 Å². The van der Waals surface area contributed by atoms with Crippen LogP contribution in [0.3, 0.4) is 0 Å². The molecule has 0 aliphatic carbocycles. The minimum Gasteiger partial charge on any atom is -0.336 e. The number of anilines is 1. The number of hydrogen-bond donors (Lipinski definition) is 0. The smallest absolute Gasteiger partial charge is 0.256 e. The molecule has 1 aromatic heterocycles. The molecule has 2 aromatic rings. The summed E-state index contributed by atoms with van der Waals surface area (Å²) in [5.41, 5.74) is 1.41. The molecule has 2 saturated heterocycles. The van der Waals surface area contributed by atoms with Gasteiger partial charge in [-0.2, -0.15) is 0 Å². The number of benzene rings is 1. The van der Waals surface area contributed by atoms with E-state index in [9.17, 15) is 9.59 Å². The number of thiophene rings is 1. The van der Waals surface area contributed by atoms with E-state index >= 15 is 0 Å². The van der Waals surface area contributed by atoms with Gasteiger partial charge < -0.3 is 9.80 Å². The van der Waals surface area contributed by atoms with Gasteiger partial charge in [0.25, 0.3) is 5.91 Å². The van der Waals surface area contributed by atoms with Gasteiger partial charge in [-0.3, -0.25) is 14.5 Å². The molecule has 0 bridgehead atoms. The fourth-order valence-corrected chi connectivity index (χ4v) is 4.44. The van der Waals surface area contributed by atoms with E-state index in [2.05, 4.69) is 22.4 Å². The molecule has 2 aliphatic heterocycles. The lowest BCUT2D eigenvalue weighted by molar-refractivity contribution is -0.117. The van der Waals surface area contributed by atoms with Crippen molar-refractivity contribution in [3.8, 4) is 0 Å². The van der Waals surface area contributed by atoms with Crippen LogP contribution in [-0.4, -0.2) is 54.3 Å². The highest BCUT2D eigenvalue weighted by Gasteiger charge is 2.28. The summed E-state index contributed by atoms with van der Waals surface area (Å²) in [6.07, 6.45) is 1.44. The van der Waals surface area contributed by atoms with Crippen LogP contribution in [0.25, 0.3) is 0 Å². The van der Waals surface area contributed by atoms with Gasteiger partial charge in [0.2, 0.25) is 5.91 Å². The number of para-hydroxylation sites is 1. The summed E-state index contributed by atoms with van der Waals surface area (Å²) in [6, 6.07) is 11.8. The van der Waals surface area contributed by atoms with Crippen molar-refractivity contribution in [1.29, 1.82) is 0 Å². The monoisotopic (exact) mass is 369 g/mol. The summed E-state index contributed by atoms with van der Waals surface area (Å²) in [7, 11) is 0. The number of rotatable bonds is 4. The topological polar surface area (TPSA) is 43.9 Å². The van der Waals surface area contributed by atoms with Crippen LogP contribution in [0.2, 0.25) is 0 Å². The van der Waals surface area contributed by atoms with Crippen molar-refractivity contribution >= 4 is 28.8 Å². The lowest BCUT2D eigenvalue weighted by Crippen LogP contribution is -2.48. The molecule has 1 aromatic carbocycles. The second-order valence-electron chi connectivity index (χ2n) is 6.81. The average molecular weight is 369 g/mol. The Morgan fingerprint density at radius 1 is 1.00 bits per heavy atom. The van der Waals surface area contributed by atoms with E-state index in [1.807, 2.05) is 29.2 Å². The third kappa shape index (κ3) is 3.52. The van der Waals surface area contributed by atoms with Crippen molar-refractivity contribution in [3.63, 3.8) is 0 Å². The third-order valence-electron chi connectivity index (χ3n) is 5.12. The Kier molecular flexibility index (Phi) is 5.04. The van der Waals surface area contributed by atoms with E-state index in [0.29, 0.717) is 18.5 Å². The first-order valence-electron chi connectivity index (χ1n) is 9.16. The van der Waals surface area contributed by atoms with Crippen LogP contribution < -0.4 is 4.90 Å². The van der Waals surface area contributed by atoms with E-state index in [0.717, 1.165) is 44.8 Å². The normalized spacial score (nSPS) is 18.5. The summed E-state index contributed by atoms with van der Waals surface area (Å²) in [5.74, 6) is 0.155. The quantitative estimate of drug-likeness (QED) is 0.832. The maximum Gasteiger partial charge on any atom is 0.256 e. The lowest BCUT2D eigenvalue weighted by atomic mass is 10.1. The van der Waals surface area contributed by atoms with Crippen molar-refractivity contribution in [2.45, 2.75) is 19.4 Å². The molecular weight excluding hydrogens is 346 g/mol. The summed E-state index contributed by atoms with van der Waals surface area (Å²) in [6.45, 7) is 4.89. The molecule has 0 saturated carbocycles. The summed E-state index contributed by atoms with van der Waals surface area (Å²) >= 11 is 1.78. The number of nitrogens with zero attached hydrogens (tertiary/aromatic N) is 3. The number of carbonyl (C=O) groups excluding carboxylic acids is 2. The average Bonchev–Trinajstić information content (AvgIpc) is 3.33. The molecular formula is C20H23N3O2S. The van der Waals surface area contributed by atoms with Crippen molar-refractivity contribution < 1.29 is 9.59 Å². The highest BCUT2D eigenvalue weighted by molar-refractivity contribution is 7.09. The van der Waals surface area contributed by atoms with E-state index in [4.69, 9.17) is 0 Å². The van der Waals surface area contributed by atoms with Gasteiger partial charge in [0.15, 0.2) is 0 Å². The Morgan fingerprint density at radius 3 is 2.50 bits per heavy atom. The molecule has 3 heterocycles. The van der Waals surface area contributed by atoms with E-state index in [-0.39, 0.29) is 11.8 Å². The van der Waals surface area contributed by atoms with Crippen LogP contribution in [0.15, 0.2) is 41.8 Å². The largest absolute Gasteiger partial charge is 0.336 e.